The van der Waals surface area contributed by atoms with Gasteiger partial charge in [-0.2, -0.15) is 0 Å². The van der Waals surface area contributed by atoms with E-state index in [1.807, 2.05) is 24.3 Å². The molecular weight excluding hydrogens is 669 g/mol. The molecule has 0 fully saturated rings. The second kappa shape index (κ2) is 12.6. The van der Waals surface area contributed by atoms with Gasteiger partial charge in [0.1, 0.15) is 0 Å². The SMILES string of the molecule is c1ccc(-c2ccc(N(c3ccccc3)c3ccc4ccc5c(-c6ccc7ccc8ccc(-c9ccccn9)nc8c7n6)ccc6ccc3c4c65)cc2)cc1. The predicted molar refractivity (Wildman–Crippen MR) is 230 cm³/mol. The number of aromatic nitrogens is 3. The van der Waals surface area contributed by atoms with E-state index in [0.717, 1.165) is 61.5 Å². The van der Waals surface area contributed by atoms with Crippen molar-refractivity contribution in [3.63, 3.8) is 0 Å². The summed E-state index contributed by atoms with van der Waals surface area (Å²) in [5.41, 5.74) is 11.2. The summed E-state index contributed by atoms with van der Waals surface area (Å²) in [5, 5.41) is 9.42. The number of para-hydroxylation sites is 1. The van der Waals surface area contributed by atoms with E-state index >= 15 is 0 Å². The minimum Gasteiger partial charge on any atom is -0.310 e. The van der Waals surface area contributed by atoms with Crippen LogP contribution in [0.25, 0.3) is 87.9 Å². The highest BCUT2D eigenvalue weighted by molar-refractivity contribution is 6.28. The van der Waals surface area contributed by atoms with E-state index < -0.39 is 0 Å². The van der Waals surface area contributed by atoms with Gasteiger partial charge in [0.2, 0.25) is 0 Å². The first-order chi connectivity index (χ1) is 27.3. The van der Waals surface area contributed by atoms with Gasteiger partial charge in [-0.05, 0) is 92.7 Å². The average Bonchev–Trinajstić information content (AvgIpc) is 3.27. The van der Waals surface area contributed by atoms with Gasteiger partial charge in [-0.15, -0.1) is 0 Å². The Balaban J connectivity index is 1.09. The third-order valence-corrected chi connectivity index (χ3v) is 10.9. The van der Waals surface area contributed by atoms with Crippen LogP contribution in [0.4, 0.5) is 17.1 Å². The summed E-state index contributed by atoms with van der Waals surface area (Å²) in [6, 6.07) is 66.8. The van der Waals surface area contributed by atoms with Crippen LogP contribution in [-0.4, -0.2) is 15.0 Å². The van der Waals surface area contributed by atoms with Crippen LogP contribution in [0.3, 0.4) is 0 Å². The lowest BCUT2D eigenvalue weighted by molar-refractivity contribution is 1.27. The normalized spacial score (nSPS) is 11.6. The first-order valence-electron chi connectivity index (χ1n) is 18.6. The van der Waals surface area contributed by atoms with Gasteiger partial charge in [-0.25, -0.2) is 9.97 Å². The zero-order valence-corrected chi connectivity index (χ0v) is 29.8. The van der Waals surface area contributed by atoms with Crippen molar-refractivity contribution in [1.29, 1.82) is 0 Å². The first-order valence-corrected chi connectivity index (χ1v) is 18.6. The highest BCUT2D eigenvalue weighted by Crippen LogP contribution is 2.45. The van der Waals surface area contributed by atoms with E-state index in [2.05, 4.69) is 174 Å². The molecular formula is C51H32N4. The second-order valence-corrected chi connectivity index (χ2v) is 14.0. The zero-order chi connectivity index (χ0) is 36.3. The number of nitrogens with zero attached hydrogens (tertiary/aromatic N) is 4. The van der Waals surface area contributed by atoms with E-state index in [9.17, 15) is 0 Å². The number of hydrogen-bond acceptors (Lipinski definition) is 4. The minimum atomic E-state index is 0.836. The van der Waals surface area contributed by atoms with Crippen molar-refractivity contribution in [3.05, 3.63) is 194 Å². The molecule has 256 valence electrons. The summed E-state index contributed by atoms with van der Waals surface area (Å²) in [5.74, 6) is 0. The van der Waals surface area contributed by atoms with Crippen LogP contribution in [0.2, 0.25) is 0 Å². The van der Waals surface area contributed by atoms with Crippen LogP contribution in [0.15, 0.2) is 194 Å². The monoisotopic (exact) mass is 700 g/mol. The third-order valence-electron chi connectivity index (χ3n) is 10.9. The molecule has 0 atom stereocenters. The lowest BCUT2D eigenvalue weighted by atomic mass is 9.90. The van der Waals surface area contributed by atoms with Crippen molar-refractivity contribution in [2.75, 3.05) is 4.90 Å². The fourth-order valence-electron chi connectivity index (χ4n) is 8.22. The highest BCUT2D eigenvalue weighted by atomic mass is 15.1. The van der Waals surface area contributed by atoms with Crippen LogP contribution >= 0.6 is 0 Å². The first kappa shape index (κ1) is 31.1. The number of benzene rings is 8. The van der Waals surface area contributed by atoms with Gasteiger partial charge in [0.05, 0.1) is 33.8 Å². The topological polar surface area (TPSA) is 41.9 Å². The van der Waals surface area contributed by atoms with Gasteiger partial charge in [0.25, 0.3) is 0 Å². The number of pyridine rings is 3. The van der Waals surface area contributed by atoms with Crippen LogP contribution in [0.1, 0.15) is 0 Å². The molecule has 0 aliphatic carbocycles. The molecule has 8 aromatic carbocycles. The summed E-state index contributed by atoms with van der Waals surface area (Å²) in [7, 11) is 0. The second-order valence-electron chi connectivity index (χ2n) is 14.0. The molecule has 4 heteroatoms. The Morgan fingerprint density at radius 1 is 0.345 bits per heavy atom. The molecule has 4 nitrogen and oxygen atoms in total. The quantitative estimate of drug-likeness (QED) is 0.162. The minimum absolute atomic E-state index is 0.836. The molecule has 0 amide bonds. The van der Waals surface area contributed by atoms with E-state index in [0.29, 0.717) is 0 Å². The Labute approximate surface area is 318 Å². The molecule has 0 saturated heterocycles. The molecule has 0 unspecified atom stereocenters. The van der Waals surface area contributed by atoms with E-state index in [4.69, 9.17) is 9.97 Å². The molecule has 0 N–H and O–H groups in total. The molecule has 11 rings (SSSR count). The van der Waals surface area contributed by atoms with Crippen molar-refractivity contribution in [3.8, 4) is 33.8 Å². The van der Waals surface area contributed by atoms with Crippen molar-refractivity contribution < 1.29 is 0 Å². The number of hydrogen-bond donors (Lipinski definition) is 0. The summed E-state index contributed by atoms with van der Waals surface area (Å²) < 4.78 is 0. The number of rotatable bonds is 6. The van der Waals surface area contributed by atoms with Crippen LogP contribution in [-0.2, 0) is 0 Å². The van der Waals surface area contributed by atoms with Crippen molar-refractivity contribution in [1.82, 2.24) is 15.0 Å². The Bertz CT molecular complexity index is 3180. The van der Waals surface area contributed by atoms with Crippen LogP contribution < -0.4 is 4.90 Å². The van der Waals surface area contributed by atoms with Crippen molar-refractivity contribution in [2.24, 2.45) is 0 Å². The van der Waals surface area contributed by atoms with Gasteiger partial charge in [0, 0.05) is 39.3 Å². The maximum absolute atomic E-state index is 5.35. The Kier molecular flexibility index (Phi) is 7.14. The van der Waals surface area contributed by atoms with E-state index in [1.165, 1.54) is 43.4 Å². The Morgan fingerprint density at radius 2 is 0.891 bits per heavy atom. The summed E-state index contributed by atoms with van der Waals surface area (Å²) in [4.78, 5) is 17.4. The largest absolute Gasteiger partial charge is 0.310 e. The van der Waals surface area contributed by atoms with Gasteiger partial charge in [-0.1, -0.05) is 133 Å². The average molecular weight is 701 g/mol. The number of fused-ring (bicyclic) bond motifs is 3. The molecule has 3 aromatic heterocycles. The molecule has 0 spiro atoms. The molecule has 0 radical (unpaired) electrons. The van der Waals surface area contributed by atoms with Gasteiger partial charge >= 0.3 is 0 Å². The smallest absolute Gasteiger partial charge is 0.0973 e. The Hall–Kier alpha value is -7.43. The van der Waals surface area contributed by atoms with Gasteiger partial charge in [0.15, 0.2) is 0 Å². The number of anilines is 3. The summed E-state index contributed by atoms with van der Waals surface area (Å²) in [6.07, 6.45) is 1.81. The Morgan fingerprint density at radius 3 is 1.62 bits per heavy atom. The van der Waals surface area contributed by atoms with Crippen molar-refractivity contribution in [2.45, 2.75) is 0 Å². The zero-order valence-electron chi connectivity index (χ0n) is 29.8. The molecule has 0 saturated carbocycles. The lowest BCUT2D eigenvalue weighted by Crippen LogP contribution is -2.10. The van der Waals surface area contributed by atoms with Crippen LogP contribution in [0.5, 0.6) is 0 Å². The molecule has 11 aromatic rings. The molecule has 3 heterocycles. The van der Waals surface area contributed by atoms with Crippen LogP contribution in [0, 0.1) is 0 Å². The molecule has 0 aliphatic heterocycles. The summed E-state index contributed by atoms with van der Waals surface area (Å²) in [6.45, 7) is 0. The summed E-state index contributed by atoms with van der Waals surface area (Å²) >= 11 is 0. The fraction of sp³-hybridized carbons (Fsp3) is 0. The molecule has 0 aliphatic rings. The van der Waals surface area contributed by atoms with Gasteiger partial charge in [-0.3, -0.25) is 4.98 Å². The highest BCUT2D eigenvalue weighted by Gasteiger charge is 2.20. The lowest BCUT2D eigenvalue weighted by Gasteiger charge is -2.28. The predicted octanol–water partition coefficient (Wildman–Crippen LogP) is 13.5. The molecule has 55 heavy (non-hydrogen) atoms. The standard InChI is InChI=1S/C51H32N4/c1-3-9-33(10-4-1)34-16-24-40(25-17-34)55(39-11-5-2-6-12-39)47-31-23-36-19-27-42-41(26-18-35-20-28-43(47)49(36)48(35)42)44-29-21-37-14-15-38-22-30-46(45-13-7-8-32-52-45)54-51(38)50(37)53-44/h1-32H. The van der Waals surface area contributed by atoms with Crippen molar-refractivity contribution >= 4 is 71.2 Å². The molecule has 0 bridgehead atoms. The van der Waals surface area contributed by atoms with Gasteiger partial charge < -0.3 is 4.90 Å². The fourth-order valence-corrected chi connectivity index (χ4v) is 8.22. The maximum atomic E-state index is 5.35. The maximum Gasteiger partial charge on any atom is 0.0973 e. The van der Waals surface area contributed by atoms with E-state index in [1.54, 1.807) is 6.20 Å². The van der Waals surface area contributed by atoms with E-state index in [-0.39, 0.29) is 0 Å². The third kappa shape index (κ3) is 5.19.